The molecule has 0 aliphatic carbocycles. The summed E-state index contributed by atoms with van der Waals surface area (Å²) in [6.07, 6.45) is 2.70. The second kappa shape index (κ2) is 7.75. The Hall–Kier alpha value is -2.30. The van der Waals surface area contributed by atoms with E-state index in [9.17, 15) is 23.3 Å². The number of nitrogens with zero attached hydrogens (tertiary/aromatic N) is 2. The molecule has 1 aliphatic heterocycles. The molecule has 0 atom stereocenters. The molecule has 1 aliphatic rings. The summed E-state index contributed by atoms with van der Waals surface area (Å²) in [6.45, 7) is 2.57. The number of benzene rings is 1. The number of nitro groups is 1. The van der Waals surface area contributed by atoms with Gasteiger partial charge in [-0.1, -0.05) is 12.5 Å². The van der Waals surface area contributed by atoms with Crippen LogP contribution >= 0.6 is 11.3 Å². The first-order chi connectivity index (χ1) is 12.8. The summed E-state index contributed by atoms with van der Waals surface area (Å²) in [7, 11) is -3.60. The van der Waals surface area contributed by atoms with Crippen LogP contribution in [0.2, 0.25) is 0 Å². The molecule has 1 amide bonds. The summed E-state index contributed by atoms with van der Waals surface area (Å²) in [6, 6.07) is 7.29. The van der Waals surface area contributed by atoms with Gasteiger partial charge in [0, 0.05) is 24.8 Å². The number of hydrogen-bond donors (Lipinski definition) is 1. The van der Waals surface area contributed by atoms with Crippen LogP contribution in [0.3, 0.4) is 0 Å². The number of carbonyl (C=O) groups is 1. The molecule has 8 nitrogen and oxygen atoms in total. The van der Waals surface area contributed by atoms with E-state index in [0.717, 1.165) is 30.6 Å². The zero-order chi connectivity index (χ0) is 19.6. The van der Waals surface area contributed by atoms with Gasteiger partial charge < -0.3 is 5.32 Å². The van der Waals surface area contributed by atoms with Crippen molar-refractivity contribution in [2.24, 2.45) is 0 Å². The predicted octanol–water partition coefficient (Wildman–Crippen LogP) is 3.39. The average Bonchev–Trinajstić information content (AvgIpc) is 3.05. The number of carbonyl (C=O) groups excluding carboxylic acids is 1. The number of thiophene rings is 1. The van der Waals surface area contributed by atoms with Gasteiger partial charge in [-0.25, -0.2) is 8.42 Å². The maximum atomic E-state index is 12.8. The summed E-state index contributed by atoms with van der Waals surface area (Å²) in [5.41, 5.74) is 0.221. The first kappa shape index (κ1) is 19.5. The number of piperidine rings is 1. The predicted molar refractivity (Wildman–Crippen MR) is 103 cm³/mol. The number of aryl methyl sites for hydroxylation is 1. The molecule has 0 bridgehead atoms. The van der Waals surface area contributed by atoms with Crippen molar-refractivity contribution in [2.45, 2.75) is 31.1 Å². The third kappa shape index (κ3) is 4.18. The van der Waals surface area contributed by atoms with Gasteiger partial charge in [0.2, 0.25) is 10.0 Å². The highest BCUT2D eigenvalue weighted by atomic mass is 32.2. The van der Waals surface area contributed by atoms with Gasteiger partial charge in [-0.3, -0.25) is 14.9 Å². The van der Waals surface area contributed by atoms with Crippen LogP contribution < -0.4 is 5.32 Å². The number of rotatable bonds is 5. The molecule has 0 unspecified atom stereocenters. The standard InChI is InChI=1S/C17H19N3O5S2/c1-12-15(20(22)23)11-16(26-12)17(21)18-13-6-5-7-14(10-13)27(24,25)19-8-3-2-4-9-19/h5-7,10-11H,2-4,8-9H2,1H3,(H,18,21). The van der Waals surface area contributed by atoms with Gasteiger partial charge in [0.25, 0.3) is 11.6 Å². The molecule has 0 radical (unpaired) electrons. The van der Waals surface area contributed by atoms with E-state index >= 15 is 0 Å². The van der Waals surface area contributed by atoms with E-state index in [1.165, 1.54) is 22.5 Å². The van der Waals surface area contributed by atoms with Crippen molar-refractivity contribution in [2.75, 3.05) is 18.4 Å². The Morgan fingerprint density at radius 3 is 2.56 bits per heavy atom. The van der Waals surface area contributed by atoms with Crippen molar-refractivity contribution in [3.63, 3.8) is 0 Å². The minimum Gasteiger partial charge on any atom is -0.321 e. The van der Waals surface area contributed by atoms with Gasteiger partial charge in [-0.2, -0.15) is 4.31 Å². The van der Waals surface area contributed by atoms with Crippen LogP contribution in [0.1, 0.15) is 33.8 Å². The van der Waals surface area contributed by atoms with Crippen LogP contribution in [-0.2, 0) is 10.0 Å². The topological polar surface area (TPSA) is 110 Å². The highest BCUT2D eigenvalue weighted by molar-refractivity contribution is 7.89. The Kier molecular flexibility index (Phi) is 5.59. The minimum absolute atomic E-state index is 0.105. The number of anilines is 1. The first-order valence-corrected chi connectivity index (χ1v) is 10.7. The molecular weight excluding hydrogens is 390 g/mol. The Morgan fingerprint density at radius 1 is 1.22 bits per heavy atom. The van der Waals surface area contributed by atoms with Crippen molar-refractivity contribution in [1.82, 2.24) is 4.31 Å². The molecule has 27 heavy (non-hydrogen) atoms. The lowest BCUT2D eigenvalue weighted by Crippen LogP contribution is -2.35. The second-order valence-electron chi connectivity index (χ2n) is 6.26. The SMILES string of the molecule is Cc1sc(C(=O)Nc2cccc(S(=O)(=O)N3CCCCC3)c2)cc1[N+](=O)[O-]. The van der Waals surface area contributed by atoms with Gasteiger partial charge in [0.05, 0.1) is 19.6 Å². The van der Waals surface area contributed by atoms with Gasteiger partial charge in [-0.15, -0.1) is 11.3 Å². The lowest BCUT2D eigenvalue weighted by atomic mass is 10.2. The Labute approximate surface area is 161 Å². The number of hydrogen-bond acceptors (Lipinski definition) is 6. The molecule has 1 fully saturated rings. The molecule has 1 aromatic heterocycles. The Morgan fingerprint density at radius 2 is 1.93 bits per heavy atom. The molecule has 0 spiro atoms. The molecule has 144 valence electrons. The fraction of sp³-hybridized carbons (Fsp3) is 0.353. The number of sulfonamides is 1. The molecule has 1 N–H and O–H groups in total. The van der Waals surface area contributed by atoms with Crippen molar-refractivity contribution in [1.29, 1.82) is 0 Å². The van der Waals surface area contributed by atoms with Gasteiger partial charge in [-0.05, 0) is 38.0 Å². The first-order valence-electron chi connectivity index (χ1n) is 8.45. The van der Waals surface area contributed by atoms with Crippen LogP contribution in [0.25, 0.3) is 0 Å². The molecular formula is C17H19N3O5S2. The third-order valence-corrected chi connectivity index (χ3v) is 7.29. The number of amides is 1. The number of nitrogens with one attached hydrogen (secondary N) is 1. The zero-order valence-corrected chi connectivity index (χ0v) is 16.3. The van der Waals surface area contributed by atoms with E-state index in [-0.39, 0.29) is 15.5 Å². The lowest BCUT2D eigenvalue weighted by molar-refractivity contribution is -0.385. The highest BCUT2D eigenvalue weighted by Crippen LogP contribution is 2.29. The molecule has 2 heterocycles. The van der Waals surface area contributed by atoms with E-state index in [1.807, 2.05) is 0 Å². The van der Waals surface area contributed by atoms with E-state index in [1.54, 1.807) is 19.1 Å². The van der Waals surface area contributed by atoms with E-state index in [2.05, 4.69) is 5.32 Å². The van der Waals surface area contributed by atoms with E-state index in [4.69, 9.17) is 0 Å². The summed E-state index contributed by atoms with van der Waals surface area (Å²) in [5.74, 6) is -0.510. The van der Waals surface area contributed by atoms with Gasteiger partial charge >= 0.3 is 0 Å². The minimum atomic E-state index is -3.60. The maximum Gasteiger partial charge on any atom is 0.283 e. The van der Waals surface area contributed by atoms with E-state index in [0.29, 0.717) is 23.7 Å². The van der Waals surface area contributed by atoms with Gasteiger partial charge in [0.15, 0.2) is 0 Å². The summed E-state index contributed by atoms with van der Waals surface area (Å²) in [5, 5.41) is 13.5. The largest absolute Gasteiger partial charge is 0.321 e. The molecule has 1 aromatic carbocycles. The van der Waals surface area contributed by atoms with Crippen molar-refractivity contribution in [3.8, 4) is 0 Å². The quantitative estimate of drug-likeness (QED) is 0.601. The van der Waals surface area contributed by atoms with Crippen molar-refractivity contribution < 1.29 is 18.1 Å². The monoisotopic (exact) mass is 409 g/mol. The highest BCUT2D eigenvalue weighted by Gasteiger charge is 2.26. The Balaban J connectivity index is 1.80. The molecule has 1 saturated heterocycles. The zero-order valence-electron chi connectivity index (χ0n) is 14.7. The fourth-order valence-electron chi connectivity index (χ4n) is 2.95. The third-order valence-electron chi connectivity index (χ3n) is 4.36. The van der Waals surface area contributed by atoms with Crippen LogP contribution in [0.5, 0.6) is 0 Å². The summed E-state index contributed by atoms with van der Waals surface area (Å²) < 4.78 is 27.0. The second-order valence-corrected chi connectivity index (χ2v) is 9.45. The molecule has 0 saturated carbocycles. The lowest BCUT2D eigenvalue weighted by Gasteiger charge is -2.26. The van der Waals surface area contributed by atoms with Crippen LogP contribution in [0.15, 0.2) is 35.2 Å². The van der Waals surface area contributed by atoms with Crippen LogP contribution in [0.4, 0.5) is 11.4 Å². The Bertz CT molecular complexity index is 978. The van der Waals surface area contributed by atoms with Crippen molar-refractivity contribution >= 4 is 38.6 Å². The smallest absolute Gasteiger partial charge is 0.283 e. The molecule has 2 aromatic rings. The van der Waals surface area contributed by atoms with E-state index < -0.39 is 20.9 Å². The van der Waals surface area contributed by atoms with Crippen molar-refractivity contribution in [3.05, 3.63) is 50.2 Å². The van der Waals surface area contributed by atoms with Gasteiger partial charge in [0.1, 0.15) is 0 Å². The summed E-state index contributed by atoms with van der Waals surface area (Å²) >= 11 is 1.02. The summed E-state index contributed by atoms with van der Waals surface area (Å²) in [4.78, 5) is 23.5. The normalized spacial score (nSPS) is 15.4. The van der Waals surface area contributed by atoms with Crippen LogP contribution in [-0.4, -0.2) is 36.6 Å². The fourth-order valence-corrected chi connectivity index (χ4v) is 5.39. The maximum absolute atomic E-state index is 12.8. The molecule has 10 heteroatoms. The molecule has 3 rings (SSSR count). The average molecular weight is 409 g/mol. The van der Waals surface area contributed by atoms with Crippen LogP contribution in [0, 0.1) is 17.0 Å².